The fourth-order valence-electron chi connectivity index (χ4n) is 6.54. The second-order valence-corrected chi connectivity index (χ2v) is 11.1. The summed E-state index contributed by atoms with van der Waals surface area (Å²) in [4.78, 5) is 17.4. The Labute approximate surface area is 236 Å². The SMILES string of the molecule is CCc1c(F)ccc2cc(O)cc(-c3ncc4c(N(C)CCN)nc(OC[C@@]56CCCN5C[C@H](F)C6)nc4c3F)c12. The summed E-state index contributed by atoms with van der Waals surface area (Å²) in [6, 6.07) is 5.76. The molecule has 2 aliphatic heterocycles. The predicted molar refractivity (Wildman–Crippen MR) is 152 cm³/mol. The van der Waals surface area contributed by atoms with Gasteiger partial charge < -0.3 is 20.5 Å². The third kappa shape index (κ3) is 4.70. The molecule has 2 atom stereocenters. The fraction of sp³-hybridized carbons (Fsp3) is 0.433. The molecular formula is C30H33F3N6O2. The minimum Gasteiger partial charge on any atom is -0.508 e. The third-order valence-electron chi connectivity index (χ3n) is 8.46. The second kappa shape index (κ2) is 10.6. The van der Waals surface area contributed by atoms with Crippen LogP contribution in [0.15, 0.2) is 30.5 Å². The summed E-state index contributed by atoms with van der Waals surface area (Å²) in [5, 5.41) is 11.9. The maximum Gasteiger partial charge on any atom is 0.319 e. The van der Waals surface area contributed by atoms with Gasteiger partial charge in [-0.3, -0.25) is 9.88 Å². The Hall–Kier alpha value is -3.70. The molecule has 0 radical (unpaired) electrons. The van der Waals surface area contributed by atoms with Crippen molar-refractivity contribution in [1.29, 1.82) is 0 Å². The molecule has 4 heterocycles. The van der Waals surface area contributed by atoms with Gasteiger partial charge in [0.1, 0.15) is 41.4 Å². The van der Waals surface area contributed by atoms with Crippen molar-refractivity contribution in [3.63, 3.8) is 0 Å². The van der Waals surface area contributed by atoms with E-state index in [2.05, 4.69) is 19.9 Å². The Balaban J connectivity index is 1.50. The number of fused-ring (bicyclic) bond motifs is 3. The highest BCUT2D eigenvalue weighted by Crippen LogP contribution is 2.41. The quantitative estimate of drug-likeness (QED) is 0.316. The molecule has 0 spiro atoms. The first kappa shape index (κ1) is 27.5. The van der Waals surface area contributed by atoms with Crippen molar-refractivity contribution in [1.82, 2.24) is 19.9 Å². The van der Waals surface area contributed by atoms with Gasteiger partial charge in [0.2, 0.25) is 0 Å². The summed E-state index contributed by atoms with van der Waals surface area (Å²) in [5.74, 6) is -0.869. The molecule has 216 valence electrons. The maximum absolute atomic E-state index is 16.5. The Morgan fingerprint density at radius 2 is 2.07 bits per heavy atom. The molecule has 8 nitrogen and oxygen atoms in total. The van der Waals surface area contributed by atoms with Gasteiger partial charge in [-0.2, -0.15) is 9.97 Å². The van der Waals surface area contributed by atoms with Crippen LogP contribution < -0.4 is 15.4 Å². The van der Waals surface area contributed by atoms with Crippen molar-refractivity contribution >= 4 is 27.5 Å². The first-order chi connectivity index (χ1) is 19.7. The highest BCUT2D eigenvalue weighted by molar-refractivity contribution is 6.01. The average molecular weight is 567 g/mol. The topological polar surface area (TPSA) is 101 Å². The van der Waals surface area contributed by atoms with Gasteiger partial charge in [-0.05, 0) is 60.3 Å². The lowest BCUT2D eigenvalue weighted by molar-refractivity contribution is 0.107. The van der Waals surface area contributed by atoms with E-state index in [1.54, 1.807) is 18.0 Å². The number of hydrogen-bond acceptors (Lipinski definition) is 8. The molecule has 2 saturated heterocycles. The Bertz CT molecular complexity index is 1640. The van der Waals surface area contributed by atoms with Crippen molar-refractivity contribution in [2.75, 3.05) is 44.7 Å². The van der Waals surface area contributed by atoms with Crippen molar-refractivity contribution in [2.45, 2.75) is 44.3 Å². The molecule has 0 aliphatic carbocycles. The summed E-state index contributed by atoms with van der Waals surface area (Å²) in [6.07, 6.45) is 3.07. The van der Waals surface area contributed by atoms with Crippen molar-refractivity contribution in [3.8, 4) is 23.0 Å². The number of nitrogens with two attached hydrogens (primary N) is 1. The Morgan fingerprint density at radius 3 is 2.85 bits per heavy atom. The number of benzene rings is 2. The molecule has 2 fully saturated rings. The Morgan fingerprint density at radius 1 is 1.24 bits per heavy atom. The lowest BCUT2D eigenvalue weighted by atomic mass is 9.94. The van der Waals surface area contributed by atoms with Gasteiger partial charge in [0.25, 0.3) is 0 Å². The van der Waals surface area contributed by atoms with Crippen LogP contribution >= 0.6 is 0 Å². The number of aromatic nitrogens is 3. The van der Waals surface area contributed by atoms with Crippen LogP contribution in [0.5, 0.6) is 11.8 Å². The molecule has 0 amide bonds. The molecule has 0 unspecified atom stereocenters. The second-order valence-electron chi connectivity index (χ2n) is 11.1. The van der Waals surface area contributed by atoms with E-state index in [1.165, 1.54) is 24.4 Å². The van der Waals surface area contributed by atoms with Gasteiger partial charge in [0.05, 0.1) is 10.9 Å². The van der Waals surface area contributed by atoms with Gasteiger partial charge >= 0.3 is 6.01 Å². The summed E-state index contributed by atoms with van der Waals surface area (Å²) in [6.45, 7) is 3.97. The molecule has 41 heavy (non-hydrogen) atoms. The zero-order chi connectivity index (χ0) is 28.9. The molecule has 2 aromatic heterocycles. The van der Waals surface area contributed by atoms with Crippen LogP contribution in [0, 0.1) is 11.6 Å². The van der Waals surface area contributed by atoms with Crippen molar-refractivity contribution in [3.05, 3.63) is 47.7 Å². The van der Waals surface area contributed by atoms with E-state index in [4.69, 9.17) is 10.5 Å². The van der Waals surface area contributed by atoms with Crippen LogP contribution in [0.1, 0.15) is 31.7 Å². The standard InChI is InChI=1S/C30H33F3N6O2/c1-3-20-23(32)6-5-17-11-19(40)12-21(24(17)20)26-25(33)27-22(14-35-26)28(38(2)10-8-34)37-29(36-27)41-16-30-7-4-9-39(30)15-18(31)13-30/h5-6,11-12,14,18,40H,3-4,7-10,13,15-16,34H2,1-2H3/t18-,30+/m1/s1. The summed E-state index contributed by atoms with van der Waals surface area (Å²) < 4.78 is 51.7. The zero-order valence-corrected chi connectivity index (χ0v) is 23.1. The largest absolute Gasteiger partial charge is 0.508 e. The molecule has 11 heteroatoms. The van der Waals surface area contributed by atoms with Crippen LogP contribution in [0.3, 0.4) is 0 Å². The van der Waals surface area contributed by atoms with Crippen molar-refractivity contribution < 1.29 is 23.0 Å². The summed E-state index contributed by atoms with van der Waals surface area (Å²) in [7, 11) is 1.78. The van der Waals surface area contributed by atoms with E-state index in [-0.39, 0.29) is 35.1 Å². The first-order valence-electron chi connectivity index (χ1n) is 14.0. The lowest BCUT2D eigenvalue weighted by Crippen LogP contribution is -2.43. The molecular weight excluding hydrogens is 533 g/mol. The molecule has 2 aliphatic rings. The lowest BCUT2D eigenvalue weighted by Gasteiger charge is -2.31. The van der Waals surface area contributed by atoms with Crippen LogP contribution in [-0.2, 0) is 6.42 Å². The zero-order valence-electron chi connectivity index (χ0n) is 23.1. The number of pyridine rings is 1. The Kier molecular flexibility index (Phi) is 7.11. The number of likely N-dealkylation sites (N-methyl/N-ethyl adjacent to an activating group) is 1. The van der Waals surface area contributed by atoms with Crippen molar-refractivity contribution in [2.24, 2.45) is 5.73 Å². The fourth-order valence-corrected chi connectivity index (χ4v) is 6.54. The predicted octanol–water partition coefficient (Wildman–Crippen LogP) is 4.74. The number of hydrogen-bond donors (Lipinski definition) is 2. The van der Waals surface area contributed by atoms with Gasteiger partial charge in [-0.1, -0.05) is 13.0 Å². The highest BCUT2D eigenvalue weighted by atomic mass is 19.1. The van der Waals surface area contributed by atoms with Crippen LogP contribution in [-0.4, -0.2) is 76.5 Å². The summed E-state index contributed by atoms with van der Waals surface area (Å²) >= 11 is 0. The van der Waals surface area contributed by atoms with E-state index in [9.17, 15) is 13.9 Å². The minimum atomic E-state index is -0.913. The number of alkyl halides is 1. The minimum absolute atomic E-state index is 0.0274. The number of aryl methyl sites for hydroxylation is 1. The monoisotopic (exact) mass is 566 g/mol. The molecule has 6 rings (SSSR count). The molecule has 3 N–H and O–H groups in total. The van der Waals surface area contributed by atoms with Crippen LogP contribution in [0.25, 0.3) is 32.9 Å². The van der Waals surface area contributed by atoms with E-state index in [1.807, 2.05) is 6.92 Å². The first-order valence-corrected chi connectivity index (χ1v) is 14.0. The number of anilines is 1. The van der Waals surface area contributed by atoms with Gasteiger partial charge in [0, 0.05) is 44.9 Å². The maximum atomic E-state index is 16.5. The van der Waals surface area contributed by atoms with Gasteiger partial charge in [-0.15, -0.1) is 0 Å². The van der Waals surface area contributed by atoms with E-state index in [0.29, 0.717) is 60.0 Å². The number of phenols is 1. The van der Waals surface area contributed by atoms with Crippen LogP contribution in [0.4, 0.5) is 19.0 Å². The average Bonchev–Trinajstić information content (AvgIpc) is 3.47. The van der Waals surface area contributed by atoms with E-state index < -0.39 is 23.3 Å². The number of aromatic hydroxyl groups is 1. The number of rotatable bonds is 8. The molecule has 2 aromatic carbocycles. The molecule has 0 saturated carbocycles. The van der Waals surface area contributed by atoms with E-state index in [0.717, 1.165) is 19.4 Å². The number of nitrogens with zero attached hydrogens (tertiary/aromatic N) is 5. The summed E-state index contributed by atoms with van der Waals surface area (Å²) in [5.41, 5.74) is 5.92. The number of halogens is 3. The van der Waals surface area contributed by atoms with E-state index >= 15 is 4.39 Å². The number of phenolic OH excluding ortho intramolecular Hbond substituents is 1. The molecule has 0 bridgehead atoms. The van der Waals surface area contributed by atoms with Gasteiger partial charge in [-0.25, -0.2) is 13.2 Å². The third-order valence-corrected chi connectivity index (χ3v) is 8.46. The molecule has 4 aromatic rings. The number of ether oxygens (including phenoxy) is 1. The van der Waals surface area contributed by atoms with Crippen LogP contribution in [0.2, 0.25) is 0 Å². The van der Waals surface area contributed by atoms with Gasteiger partial charge in [0.15, 0.2) is 5.82 Å². The smallest absolute Gasteiger partial charge is 0.319 e. The normalized spacial score (nSPS) is 20.7. The highest BCUT2D eigenvalue weighted by Gasteiger charge is 2.49.